The Morgan fingerprint density at radius 1 is 1.09 bits per heavy atom. The second-order valence-corrected chi connectivity index (χ2v) is 12.1. The predicted octanol–water partition coefficient (Wildman–Crippen LogP) is 6.83. The van der Waals surface area contributed by atoms with E-state index in [1.165, 1.54) is 11.3 Å². The number of furan rings is 1. The number of benzene rings is 3. The molecule has 10 heteroatoms. The quantitative estimate of drug-likeness (QED) is 0.194. The van der Waals surface area contributed by atoms with Gasteiger partial charge in [0.2, 0.25) is 0 Å². The van der Waals surface area contributed by atoms with Crippen LogP contribution in [0, 0.1) is 0 Å². The molecule has 0 N–H and O–H groups in total. The van der Waals surface area contributed by atoms with E-state index in [1.54, 1.807) is 53.0 Å². The van der Waals surface area contributed by atoms with Gasteiger partial charge in [0.05, 0.1) is 27.9 Å². The molecule has 7 nitrogen and oxygen atoms in total. The topological polar surface area (TPSA) is 77.0 Å². The van der Waals surface area contributed by atoms with E-state index in [0.717, 1.165) is 16.3 Å². The minimum atomic E-state index is -0.764. The van der Waals surface area contributed by atoms with Crippen molar-refractivity contribution in [2.24, 2.45) is 4.99 Å². The van der Waals surface area contributed by atoms with Crippen molar-refractivity contribution < 1.29 is 13.9 Å². The normalized spacial score (nSPS) is 15.0. The molecule has 0 saturated carbocycles. The molecular weight excluding hydrogens is 617 g/mol. The van der Waals surface area contributed by atoms with Crippen molar-refractivity contribution in [2.45, 2.75) is 26.8 Å². The Bertz CT molecular complexity index is 2140. The van der Waals surface area contributed by atoms with Gasteiger partial charge in [-0.3, -0.25) is 14.2 Å². The predicted molar refractivity (Wildman–Crippen MR) is 176 cm³/mol. The Balaban J connectivity index is 1.58. The highest BCUT2D eigenvalue weighted by atomic mass is 35.5. The summed E-state index contributed by atoms with van der Waals surface area (Å²) in [5.74, 6) is 1.41. The molecule has 0 saturated heterocycles. The molecule has 3 aromatic carbocycles. The van der Waals surface area contributed by atoms with Crippen LogP contribution in [0.3, 0.4) is 0 Å². The summed E-state index contributed by atoms with van der Waals surface area (Å²) in [6.07, 6.45) is 1.69. The summed E-state index contributed by atoms with van der Waals surface area (Å²) >= 11 is 13.8. The van der Waals surface area contributed by atoms with Crippen LogP contribution in [-0.4, -0.2) is 35.6 Å². The third kappa shape index (κ3) is 5.17. The average molecular weight is 647 g/mol. The first kappa shape index (κ1) is 29.9. The Labute approximate surface area is 267 Å². The van der Waals surface area contributed by atoms with Crippen LogP contribution in [0.25, 0.3) is 28.2 Å². The first-order valence-electron chi connectivity index (χ1n) is 14.2. The van der Waals surface area contributed by atoms with Crippen molar-refractivity contribution in [3.8, 4) is 17.1 Å². The maximum absolute atomic E-state index is 14.3. The van der Waals surface area contributed by atoms with Crippen molar-refractivity contribution >= 4 is 57.3 Å². The Morgan fingerprint density at radius 3 is 2.61 bits per heavy atom. The summed E-state index contributed by atoms with van der Waals surface area (Å²) in [6, 6.07) is 19.7. The highest BCUT2D eigenvalue weighted by molar-refractivity contribution is 7.07. The molecule has 5 aromatic rings. The van der Waals surface area contributed by atoms with Crippen molar-refractivity contribution in [1.82, 2.24) is 9.47 Å². The highest BCUT2D eigenvalue weighted by Crippen LogP contribution is 2.40. The number of rotatable bonds is 7. The molecule has 1 aliphatic heterocycles. The largest absolute Gasteiger partial charge is 0.496 e. The molecule has 224 valence electrons. The lowest BCUT2D eigenvalue weighted by Gasteiger charge is -2.30. The standard InChI is InChI=1S/C34H29Cl2N3O4S/c1-5-38(6-2)33(41)29-19(3)37-34-39(31(29)30-23-10-8-7-9-20(23)11-15-27(30)42-4)32(40)28(44-34)18-22-13-16-26(43-22)24-17-21(35)12-14-25(24)36/h7-18,31H,5-6H2,1-4H3/b28-18+/t31-/m1/s1. The molecule has 0 fully saturated rings. The molecule has 0 aliphatic carbocycles. The van der Waals surface area contributed by atoms with Gasteiger partial charge in [0, 0.05) is 35.3 Å². The summed E-state index contributed by atoms with van der Waals surface area (Å²) in [5, 5.41) is 2.89. The number of ether oxygens (including phenoxy) is 1. The van der Waals surface area contributed by atoms with Crippen molar-refractivity contribution in [2.75, 3.05) is 20.2 Å². The third-order valence-electron chi connectivity index (χ3n) is 7.82. The smallest absolute Gasteiger partial charge is 0.271 e. The van der Waals surface area contributed by atoms with E-state index in [1.807, 2.05) is 57.2 Å². The lowest BCUT2D eigenvalue weighted by Crippen LogP contribution is -2.43. The molecule has 1 amide bonds. The van der Waals surface area contributed by atoms with Crippen LogP contribution in [0.4, 0.5) is 0 Å². The second kappa shape index (κ2) is 12.1. The summed E-state index contributed by atoms with van der Waals surface area (Å²) in [4.78, 5) is 35.5. The fourth-order valence-electron chi connectivity index (χ4n) is 5.68. The molecule has 0 bridgehead atoms. The third-order valence-corrected chi connectivity index (χ3v) is 9.37. The van der Waals surface area contributed by atoms with E-state index in [4.69, 9.17) is 37.3 Å². The van der Waals surface area contributed by atoms with Crippen LogP contribution in [0.15, 0.2) is 92.2 Å². The van der Waals surface area contributed by atoms with Gasteiger partial charge in [-0.2, -0.15) is 0 Å². The zero-order chi connectivity index (χ0) is 31.1. The van der Waals surface area contributed by atoms with Gasteiger partial charge in [0.25, 0.3) is 11.5 Å². The van der Waals surface area contributed by atoms with Gasteiger partial charge in [0.15, 0.2) is 4.80 Å². The van der Waals surface area contributed by atoms with Gasteiger partial charge in [-0.25, -0.2) is 4.99 Å². The number of carbonyl (C=O) groups excluding carboxylic acids is 1. The van der Waals surface area contributed by atoms with Crippen LogP contribution in [0.2, 0.25) is 10.0 Å². The van der Waals surface area contributed by atoms with E-state index in [0.29, 0.717) is 66.6 Å². The van der Waals surface area contributed by atoms with E-state index in [2.05, 4.69) is 0 Å². The summed E-state index contributed by atoms with van der Waals surface area (Å²) in [5.41, 5.74) is 2.10. The molecule has 3 heterocycles. The lowest BCUT2D eigenvalue weighted by molar-refractivity contribution is -0.127. The number of carbonyl (C=O) groups is 1. The van der Waals surface area contributed by atoms with Gasteiger partial charge in [-0.1, -0.05) is 64.9 Å². The van der Waals surface area contributed by atoms with Crippen molar-refractivity contribution in [3.63, 3.8) is 0 Å². The number of fused-ring (bicyclic) bond motifs is 2. The van der Waals surface area contributed by atoms with Gasteiger partial charge in [0.1, 0.15) is 23.3 Å². The number of hydrogen-bond acceptors (Lipinski definition) is 6. The van der Waals surface area contributed by atoms with Crippen LogP contribution < -0.4 is 19.6 Å². The average Bonchev–Trinajstić information content (AvgIpc) is 3.61. The number of methoxy groups -OCH3 is 1. The monoisotopic (exact) mass is 645 g/mol. The Kier molecular flexibility index (Phi) is 8.24. The number of aromatic nitrogens is 1. The maximum atomic E-state index is 14.3. The second-order valence-electron chi connectivity index (χ2n) is 10.3. The number of amides is 1. The van der Waals surface area contributed by atoms with E-state index < -0.39 is 6.04 Å². The first-order valence-corrected chi connectivity index (χ1v) is 15.8. The minimum absolute atomic E-state index is 0.167. The summed E-state index contributed by atoms with van der Waals surface area (Å²) in [7, 11) is 1.60. The number of thiazole rings is 1. The molecule has 44 heavy (non-hydrogen) atoms. The Hall–Kier alpha value is -4.11. The number of nitrogens with zero attached hydrogens (tertiary/aromatic N) is 3. The molecule has 1 aliphatic rings. The number of hydrogen-bond donors (Lipinski definition) is 0. The molecule has 0 unspecified atom stereocenters. The van der Waals surface area contributed by atoms with Crippen LogP contribution in [-0.2, 0) is 4.79 Å². The SMILES string of the molecule is CCN(CC)C(=O)C1=C(C)N=c2s/c(=C/c3ccc(-c4cc(Cl)ccc4Cl)o3)c(=O)n2[C@H]1c1c(OC)ccc2ccccc12. The Morgan fingerprint density at radius 2 is 1.86 bits per heavy atom. The van der Waals surface area contributed by atoms with Crippen molar-refractivity contribution in [1.29, 1.82) is 0 Å². The molecule has 1 atom stereocenters. The first-order chi connectivity index (χ1) is 21.2. The molecule has 6 rings (SSSR count). The fraction of sp³-hybridized carbons (Fsp3) is 0.206. The molecular formula is C34H29Cl2N3O4S. The van der Waals surface area contributed by atoms with E-state index >= 15 is 0 Å². The lowest BCUT2D eigenvalue weighted by atomic mass is 9.90. The van der Waals surface area contributed by atoms with Crippen molar-refractivity contribution in [3.05, 3.63) is 119 Å². The summed E-state index contributed by atoms with van der Waals surface area (Å²) < 4.78 is 14.0. The molecule has 0 radical (unpaired) electrons. The van der Waals surface area contributed by atoms with Crippen LogP contribution in [0.1, 0.15) is 38.1 Å². The number of allylic oxidation sites excluding steroid dienone is 1. The maximum Gasteiger partial charge on any atom is 0.271 e. The summed E-state index contributed by atoms with van der Waals surface area (Å²) in [6.45, 7) is 6.75. The number of halogens is 2. The molecule has 0 spiro atoms. The molecule has 2 aromatic heterocycles. The fourth-order valence-corrected chi connectivity index (χ4v) is 7.09. The zero-order valence-electron chi connectivity index (χ0n) is 24.6. The number of likely N-dealkylation sites (N-methyl/N-ethyl adjacent to an activating group) is 1. The van der Waals surface area contributed by atoms with E-state index in [9.17, 15) is 9.59 Å². The van der Waals surface area contributed by atoms with Gasteiger partial charge < -0.3 is 14.1 Å². The van der Waals surface area contributed by atoms with Crippen LogP contribution >= 0.6 is 34.5 Å². The van der Waals surface area contributed by atoms with Gasteiger partial charge in [-0.05, 0) is 67.9 Å². The van der Waals surface area contributed by atoms with Crippen LogP contribution in [0.5, 0.6) is 5.75 Å². The van der Waals surface area contributed by atoms with E-state index in [-0.39, 0.29) is 11.5 Å². The minimum Gasteiger partial charge on any atom is -0.496 e. The van der Waals surface area contributed by atoms with Gasteiger partial charge >= 0.3 is 0 Å². The van der Waals surface area contributed by atoms with Gasteiger partial charge in [-0.15, -0.1) is 0 Å². The zero-order valence-corrected chi connectivity index (χ0v) is 26.9. The highest BCUT2D eigenvalue weighted by Gasteiger charge is 2.36.